The Hall–Kier alpha value is -1.30. The molecule has 0 aliphatic carbocycles. The molecule has 0 aliphatic heterocycles. The van der Waals surface area contributed by atoms with E-state index in [1.807, 2.05) is 6.92 Å². The lowest BCUT2D eigenvalue weighted by atomic mass is 9.74. The van der Waals surface area contributed by atoms with E-state index in [4.69, 9.17) is 4.74 Å². The maximum Gasteiger partial charge on any atom is 0.315 e. The zero-order chi connectivity index (χ0) is 15.1. The average molecular weight is 274 g/mol. The first kappa shape index (κ1) is 17.7. The second kappa shape index (κ2) is 7.33. The monoisotopic (exact) mass is 274 g/mol. The highest BCUT2D eigenvalue weighted by atomic mass is 16.5. The summed E-state index contributed by atoms with van der Waals surface area (Å²) in [6.45, 7) is 10.2. The standard InChI is InChI=1S/C13H26N2O4/c1-6-19-9-7-8-14-11(18)15-13(4,5)12(2,3)10(16)17/h6-9H2,1-5H3,(H,16,17)(H2,14,15,18). The molecule has 0 saturated carbocycles. The van der Waals surface area contributed by atoms with Crippen LogP contribution < -0.4 is 10.6 Å². The first-order valence-electron chi connectivity index (χ1n) is 6.52. The molecule has 0 fully saturated rings. The Bertz CT molecular complexity index is 314. The first-order valence-corrected chi connectivity index (χ1v) is 6.52. The van der Waals surface area contributed by atoms with Crippen molar-refractivity contribution in [3.8, 4) is 0 Å². The zero-order valence-electron chi connectivity index (χ0n) is 12.5. The van der Waals surface area contributed by atoms with Crippen molar-refractivity contribution in [2.24, 2.45) is 5.41 Å². The van der Waals surface area contributed by atoms with Gasteiger partial charge in [0.25, 0.3) is 0 Å². The summed E-state index contributed by atoms with van der Waals surface area (Å²) in [5.41, 5.74) is -1.92. The van der Waals surface area contributed by atoms with Crippen molar-refractivity contribution in [1.82, 2.24) is 10.6 Å². The molecule has 0 aromatic carbocycles. The maximum absolute atomic E-state index is 11.7. The van der Waals surface area contributed by atoms with Crippen molar-refractivity contribution in [3.63, 3.8) is 0 Å². The predicted molar refractivity (Wildman–Crippen MR) is 73.1 cm³/mol. The van der Waals surface area contributed by atoms with Crippen molar-refractivity contribution in [3.05, 3.63) is 0 Å². The van der Waals surface area contributed by atoms with E-state index in [1.165, 1.54) is 0 Å². The molecule has 19 heavy (non-hydrogen) atoms. The van der Waals surface area contributed by atoms with Gasteiger partial charge in [-0.05, 0) is 41.0 Å². The quantitative estimate of drug-likeness (QED) is 0.587. The van der Waals surface area contributed by atoms with Crippen LogP contribution in [0, 0.1) is 5.41 Å². The Morgan fingerprint density at radius 3 is 2.26 bits per heavy atom. The highest BCUT2D eigenvalue weighted by molar-refractivity contribution is 5.79. The van der Waals surface area contributed by atoms with Crippen molar-refractivity contribution in [2.75, 3.05) is 19.8 Å². The molecule has 0 aromatic heterocycles. The van der Waals surface area contributed by atoms with Crippen LogP contribution in [0.3, 0.4) is 0 Å². The van der Waals surface area contributed by atoms with Crippen LogP contribution in [-0.4, -0.2) is 42.4 Å². The number of urea groups is 1. The van der Waals surface area contributed by atoms with Gasteiger partial charge in [0.15, 0.2) is 0 Å². The molecule has 3 N–H and O–H groups in total. The van der Waals surface area contributed by atoms with Crippen LogP contribution in [0.4, 0.5) is 4.79 Å². The Kier molecular flexibility index (Phi) is 6.83. The summed E-state index contributed by atoms with van der Waals surface area (Å²) in [6.07, 6.45) is 0.726. The zero-order valence-corrected chi connectivity index (χ0v) is 12.5. The van der Waals surface area contributed by atoms with E-state index in [0.717, 1.165) is 6.42 Å². The Morgan fingerprint density at radius 1 is 1.21 bits per heavy atom. The maximum atomic E-state index is 11.7. The number of carbonyl (C=O) groups is 2. The van der Waals surface area contributed by atoms with E-state index in [2.05, 4.69) is 10.6 Å². The molecule has 0 bridgehead atoms. The Labute approximate surface area is 114 Å². The van der Waals surface area contributed by atoms with E-state index in [-0.39, 0.29) is 6.03 Å². The normalized spacial score (nSPS) is 12.1. The summed E-state index contributed by atoms with van der Waals surface area (Å²) < 4.78 is 5.15. The molecule has 0 aromatic rings. The van der Waals surface area contributed by atoms with Gasteiger partial charge in [0.05, 0.1) is 11.0 Å². The lowest BCUT2D eigenvalue weighted by molar-refractivity contribution is -0.150. The van der Waals surface area contributed by atoms with Crippen LogP contribution in [0.25, 0.3) is 0 Å². The number of amides is 2. The van der Waals surface area contributed by atoms with Crippen molar-refractivity contribution in [2.45, 2.75) is 46.6 Å². The number of hydrogen-bond donors (Lipinski definition) is 3. The molecular formula is C13H26N2O4. The van der Waals surface area contributed by atoms with Crippen LogP contribution in [0.15, 0.2) is 0 Å². The van der Waals surface area contributed by atoms with Crippen LogP contribution >= 0.6 is 0 Å². The molecule has 0 spiro atoms. The number of rotatable bonds is 8. The summed E-state index contributed by atoms with van der Waals surface area (Å²) >= 11 is 0. The van der Waals surface area contributed by atoms with E-state index < -0.39 is 16.9 Å². The van der Waals surface area contributed by atoms with Gasteiger partial charge in [0.1, 0.15) is 0 Å². The molecular weight excluding hydrogens is 248 g/mol. The SMILES string of the molecule is CCOCCCNC(=O)NC(C)(C)C(C)(C)C(=O)O. The number of nitrogens with one attached hydrogen (secondary N) is 2. The fourth-order valence-electron chi connectivity index (χ4n) is 1.27. The summed E-state index contributed by atoms with van der Waals surface area (Å²) in [5, 5.41) is 14.6. The topological polar surface area (TPSA) is 87.7 Å². The number of ether oxygens (including phenoxy) is 1. The third-order valence-corrected chi connectivity index (χ3v) is 3.48. The molecule has 2 amide bonds. The van der Waals surface area contributed by atoms with Gasteiger partial charge >= 0.3 is 12.0 Å². The molecule has 112 valence electrons. The second-order valence-electron chi connectivity index (χ2n) is 5.49. The average Bonchev–Trinajstić information content (AvgIpc) is 2.27. The van der Waals surface area contributed by atoms with E-state index in [0.29, 0.717) is 19.8 Å². The van der Waals surface area contributed by atoms with Crippen LogP contribution in [0.5, 0.6) is 0 Å². The van der Waals surface area contributed by atoms with Gasteiger partial charge in [0.2, 0.25) is 0 Å². The number of aliphatic carboxylic acids is 1. The van der Waals surface area contributed by atoms with E-state index >= 15 is 0 Å². The molecule has 0 rings (SSSR count). The number of carbonyl (C=O) groups excluding carboxylic acids is 1. The van der Waals surface area contributed by atoms with E-state index in [1.54, 1.807) is 27.7 Å². The lowest BCUT2D eigenvalue weighted by Crippen LogP contribution is -2.59. The highest BCUT2D eigenvalue weighted by Gasteiger charge is 2.44. The summed E-state index contributed by atoms with van der Waals surface area (Å²) in [7, 11) is 0. The van der Waals surface area contributed by atoms with Crippen LogP contribution in [-0.2, 0) is 9.53 Å². The molecule has 0 radical (unpaired) electrons. The molecule has 0 atom stereocenters. The Balaban J connectivity index is 4.21. The number of carboxylic acids is 1. The fourth-order valence-corrected chi connectivity index (χ4v) is 1.27. The Morgan fingerprint density at radius 2 is 1.79 bits per heavy atom. The summed E-state index contributed by atoms with van der Waals surface area (Å²) in [4.78, 5) is 22.9. The van der Waals surface area contributed by atoms with Gasteiger partial charge < -0.3 is 20.5 Å². The van der Waals surface area contributed by atoms with Crippen molar-refractivity contribution >= 4 is 12.0 Å². The van der Waals surface area contributed by atoms with Gasteiger partial charge in [-0.25, -0.2) is 4.79 Å². The van der Waals surface area contributed by atoms with Crippen LogP contribution in [0.2, 0.25) is 0 Å². The number of carboxylic acid groups (broad SMARTS) is 1. The van der Waals surface area contributed by atoms with E-state index in [9.17, 15) is 14.7 Å². The highest BCUT2D eigenvalue weighted by Crippen LogP contribution is 2.30. The van der Waals surface area contributed by atoms with Gasteiger partial charge in [-0.3, -0.25) is 4.79 Å². The molecule has 6 nitrogen and oxygen atoms in total. The van der Waals surface area contributed by atoms with Crippen LogP contribution in [0.1, 0.15) is 41.0 Å². The third-order valence-electron chi connectivity index (χ3n) is 3.48. The minimum absolute atomic E-state index is 0.365. The largest absolute Gasteiger partial charge is 0.481 e. The van der Waals surface area contributed by atoms with Gasteiger partial charge in [-0.2, -0.15) is 0 Å². The number of hydrogen-bond acceptors (Lipinski definition) is 3. The molecule has 0 heterocycles. The fraction of sp³-hybridized carbons (Fsp3) is 0.846. The van der Waals surface area contributed by atoms with Gasteiger partial charge in [-0.15, -0.1) is 0 Å². The molecule has 0 aliphatic rings. The third kappa shape index (κ3) is 5.46. The van der Waals surface area contributed by atoms with Crippen molar-refractivity contribution < 1.29 is 19.4 Å². The first-order chi connectivity index (χ1) is 8.65. The summed E-state index contributed by atoms with van der Waals surface area (Å²) in [5.74, 6) is -0.950. The summed E-state index contributed by atoms with van der Waals surface area (Å²) in [6, 6.07) is -0.365. The molecule has 0 unspecified atom stereocenters. The van der Waals surface area contributed by atoms with Gasteiger partial charge in [-0.1, -0.05) is 0 Å². The predicted octanol–water partition coefficient (Wildman–Crippen LogP) is 1.60. The second-order valence-corrected chi connectivity index (χ2v) is 5.49. The molecule has 0 saturated heterocycles. The van der Waals surface area contributed by atoms with Crippen molar-refractivity contribution in [1.29, 1.82) is 0 Å². The smallest absolute Gasteiger partial charge is 0.315 e. The lowest BCUT2D eigenvalue weighted by Gasteiger charge is -2.38. The minimum Gasteiger partial charge on any atom is -0.481 e. The van der Waals surface area contributed by atoms with Gasteiger partial charge in [0, 0.05) is 19.8 Å². The molecule has 6 heteroatoms. The minimum atomic E-state index is -1.06.